The first-order chi connectivity index (χ1) is 9.93. The number of ether oxygens (including phenoxy) is 1. The molecule has 122 valence electrons. The van der Waals surface area contributed by atoms with E-state index >= 15 is 0 Å². The lowest BCUT2D eigenvalue weighted by Gasteiger charge is -2.32. The van der Waals surface area contributed by atoms with Crippen LogP contribution in [0, 0.1) is 5.92 Å². The predicted molar refractivity (Wildman–Crippen MR) is 88.9 cm³/mol. The van der Waals surface area contributed by atoms with Gasteiger partial charge in [0.05, 0.1) is 29.1 Å². The summed E-state index contributed by atoms with van der Waals surface area (Å²) in [6.07, 6.45) is 2.88. The normalized spacial score (nSPS) is 14.9. The zero-order valence-corrected chi connectivity index (χ0v) is 14.9. The Hall–Kier alpha value is -0.580. The van der Waals surface area contributed by atoms with Gasteiger partial charge >= 0.3 is 0 Å². The van der Waals surface area contributed by atoms with Gasteiger partial charge in [-0.05, 0) is 39.7 Å². The van der Waals surface area contributed by atoms with Crippen molar-refractivity contribution in [1.29, 1.82) is 0 Å². The first-order valence-electron chi connectivity index (χ1n) is 8.01. The zero-order valence-electron chi connectivity index (χ0n) is 14.2. The highest BCUT2D eigenvalue weighted by Gasteiger charge is 2.31. The largest absolute Gasteiger partial charge is 0.376 e. The van der Waals surface area contributed by atoms with Crippen LogP contribution >= 0.6 is 11.6 Å². The fourth-order valence-corrected chi connectivity index (χ4v) is 2.84. The maximum atomic E-state index is 6.43. The molecule has 0 aliphatic rings. The molecular formula is C16H30ClN3O. The molecule has 0 aromatic carbocycles. The van der Waals surface area contributed by atoms with Crippen molar-refractivity contribution in [2.75, 3.05) is 13.2 Å². The molecule has 0 amide bonds. The molecule has 2 unspecified atom stereocenters. The summed E-state index contributed by atoms with van der Waals surface area (Å²) in [5.41, 5.74) is 1.03. The number of nitrogens with zero attached hydrogens (tertiary/aromatic N) is 2. The minimum Gasteiger partial charge on any atom is -0.376 e. The number of halogens is 1. The average molecular weight is 316 g/mol. The fraction of sp³-hybridized carbons (Fsp3) is 0.812. The highest BCUT2D eigenvalue weighted by Crippen LogP contribution is 2.31. The molecule has 0 fully saturated rings. The smallest absolute Gasteiger partial charge is 0.0835 e. The molecule has 0 spiro atoms. The Kier molecular flexibility index (Phi) is 7.71. The van der Waals surface area contributed by atoms with E-state index in [-0.39, 0.29) is 18.2 Å². The predicted octanol–water partition coefficient (Wildman–Crippen LogP) is 4.22. The Morgan fingerprint density at radius 3 is 2.43 bits per heavy atom. The van der Waals surface area contributed by atoms with Crippen molar-refractivity contribution in [3.63, 3.8) is 0 Å². The SMILES string of the molecule is CCCNC(c1c(Cl)cnn1C(C)C)C(OCC)C(C)C. The van der Waals surface area contributed by atoms with Crippen molar-refractivity contribution in [3.8, 4) is 0 Å². The first-order valence-corrected chi connectivity index (χ1v) is 8.39. The molecule has 5 heteroatoms. The lowest BCUT2D eigenvalue weighted by molar-refractivity contribution is 0.000548. The van der Waals surface area contributed by atoms with Gasteiger partial charge in [-0.25, -0.2) is 0 Å². The Balaban J connectivity index is 3.20. The number of rotatable bonds is 9. The molecule has 1 aromatic heterocycles. The Labute approximate surface area is 134 Å². The monoisotopic (exact) mass is 315 g/mol. The molecule has 21 heavy (non-hydrogen) atoms. The van der Waals surface area contributed by atoms with E-state index in [1.807, 2.05) is 11.6 Å². The van der Waals surface area contributed by atoms with Crippen LogP contribution in [0.15, 0.2) is 6.20 Å². The molecule has 0 saturated heterocycles. The summed E-state index contributed by atoms with van der Waals surface area (Å²) in [5.74, 6) is 0.394. The summed E-state index contributed by atoms with van der Waals surface area (Å²) in [7, 11) is 0. The van der Waals surface area contributed by atoms with Gasteiger partial charge in [-0.2, -0.15) is 5.10 Å². The molecule has 0 bridgehead atoms. The van der Waals surface area contributed by atoms with Gasteiger partial charge in [0, 0.05) is 12.6 Å². The van der Waals surface area contributed by atoms with Crippen LogP contribution < -0.4 is 5.32 Å². The summed E-state index contributed by atoms with van der Waals surface area (Å²) in [6.45, 7) is 14.4. The molecule has 0 radical (unpaired) electrons. The van der Waals surface area contributed by atoms with E-state index in [0.29, 0.717) is 17.5 Å². The average Bonchev–Trinajstić information content (AvgIpc) is 2.80. The lowest BCUT2D eigenvalue weighted by atomic mass is 9.96. The molecule has 0 saturated carbocycles. The molecule has 1 N–H and O–H groups in total. The molecule has 0 aliphatic heterocycles. The summed E-state index contributed by atoms with van der Waals surface area (Å²) in [5, 5.41) is 8.75. The summed E-state index contributed by atoms with van der Waals surface area (Å²) < 4.78 is 8.02. The highest BCUT2D eigenvalue weighted by atomic mass is 35.5. The molecule has 2 atom stereocenters. The van der Waals surface area contributed by atoms with E-state index in [9.17, 15) is 0 Å². The first kappa shape index (κ1) is 18.5. The van der Waals surface area contributed by atoms with Crippen LogP contribution in [0.1, 0.15) is 65.7 Å². The molecule has 1 heterocycles. The number of hydrogen-bond acceptors (Lipinski definition) is 3. The van der Waals surface area contributed by atoms with Crippen LogP contribution in [-0.2, 0) is 4.74 Å². The molecular weight excluding hydrogens is 286 g/mol. The molecule has 4 nitrogen and oxygen atoms in total. The van der Waals surface area contributed by atoms with Crippen molar-refractivity contribution in [2.45, 2.75) is 66.2 Å². The van der Waals surface area contributed by atoms with Crippen LogP contribution in [0.3, 0.4) is 0 Å². The second-order valence-corrected chi connectivity index (χ2v) is 6.42. The van der Waals surface area contributed by atoms with Gasteiger partial charge in [0.1, 0.15) is 0 Å². The van der Waals surface area contributed by atoms with E-state index < -0.39 is 0 Å². The number of aromatic nitrogens is 2. The van der Waals surface area contributed by atoms with Crippen molar-refractivity contribution < 1.29 is 4.74 Å². The zero-order chi connectivity index (χ0) is 16.0. The van der Waals surface area contributed by atoms with Crippen LogP contribution in [0.4, 0.5) is 0 Å². The molecule has 1 rings (SSSR count). The summed E-state index contributed by atoms with van der Waals surface area (Å²) in [4.78, 5) is 0. The van der Waals surface area contributed by atoms with Gasteiger partial charge in [-0.3, -0.25) is 4.68 Å². The minimum atomic E-state index is 0.0577. The van der Waals surface area contributed by atoms with Crippen molar-refractivity contribution >= 4 is 11.6 Å². The van der Waals surface area contributed by atoms with E-state index in [1.54, 1.807) is 6.20 Å². The lowest BCUT2D eigenvalue weighted by Crippen LogP contribution is -2.39. The van der Waals surface area contributed by atoms with Crippen molar-refractivity contribution in [3.05, 3.63) is 16.9 Å². The van der Waals surface area contributed by atoms with Crippen LogP contribution in [0.2, 0.25) is 5.02 Å². The molecule has 0 aliphatic carbocycles. The topological polar surface area (TPSA) is 39.1 Å². The second kappa shape index (κ2) is 8.76. The Bertz CT molecular complexity index is 418. The molecule has 1 aromatic rings. The van der Waals surface area contributed by atoms with Crippen LogP contribution in [0.5, 0.6) is 0 Å². The third-order valence-electron chi connectivity index (χ3n) is 3.53. The van der Waals surface area contributed by atoms with Crippen molar-refractivity contribution in [2.24, 2.45) is 5.92 Å². The van der Waals surface area contributed by atoms with Gasteiger partial charge in [-0.15, -0.1) is 0 Å². The minimum absolute atomic E-state index is 0.0577. The standard InChI is InChI=1S/C16H30ClN3O/c1-7-9-18-14(16(11(3)4)21-8-2)15-13(17)10-19-20(15)12(5)6/h10-12,14,16,18H,7-9H2,1-6H3. The van der Waals surface area contributed by atoms with Gasteiger partial charge < -0.3 is 10.1 Å². The van der Waals surface area contributed by atoms with Gasteiger partial charge in [0.2, 0.25) is 0 Å². The van der Waals surface area contributed by atoms with Crippen LogP contribution in [0.25, 0.3) is 0 Å². The van der Waals surface area contributed by atoms with E-state index in [2.05, 4.69) is 45.0 Å². The van der Waals surface area contributed by atoms with Gasteiger partial charge in [0.25, 0.3) is 0 Å². The maximum Gasteiger partial charge on any atom is 0.0835 e. The summed E-state index contributed by atoms with van der Waals surface area (Å²) >= 11 is 6.43. The Morgan fingerprint density at radius 2 is 1.95 bits per heavy atom. The quantitative estimate of drug-likeness (QED) is 0.741. The van der Waals surface area contributed by atoms with E-state index in [4.69, 9.17) is 16.3 Å². The van der Waals surface area contributed by atoms with Crippen LogP contribution in [-0.4, -0.2) is 29.0 Å². The van der Waals surface area contributed by atoms with E-state index in [0.717, 1.165) is 18.7 Å². The third kappa shape index (κ3) is 4.70. The number of nitrogens with one attached hydrogen (secondary N) is 1. The summed E-state index contributed by atoms with van der Waals surface area (Å²) in [6, 6.07) is 0.329. The van der Waals surface area contributed by atoms with Gasteiger partial charge in [-0.1, -0.05) is 32.4 Å². The second-order valence-electron chi connectivity index (χ2n) is 6.01. The fourth-order valence-electron chi connectivity index (χ4n) is 2.59. The van der Waals surface area contributed by atoms with E-state index in [1.165, 1.54) is 0 Å². The van der Waals surface area contributed by atoms with Gasteiger partial charge in [0.15, 0.2) is 0 Å². The third-order valence-corrected chi connectivity index (χ3v) is 3.82. The Morgan fingerprint density at radius 1 is 1.29 bits per heavy atom. The number of hydrogen-bond donors (Lipinski definition) is 1. The van der Waals surface area contributed by atoms with Crippen molar-refractivity contribution in [1.82, 2.24) is 15.1 Å². The highest BCUT2D eigenvalue weighted by molar-refractivity contribution is 6.31. The maximum absolute atomic E-state index is 6.43.